The van der Waals surface area contributed by atoms with Crippen LogP contribution in [-0.2, 0) is 9.59 Å². The molecule has 8 heteroatoms. The van der Waals surface area contributed by atoms with Crippen molar-refractivity contribution >= 4 is 39.0 Å². The number of benzene rings is 2. The number of para-hydroxylation sites is 2. The molecule has 2 aliphatic rings. The fraction of sp³-hybridized carbons (Fsp3) is 0.393. The molecule has 0 saturated heterocycles. The summed E-state index contributed by atoms with van der Waals surface area (Å²) in [5.74, 6) is -0.684. The first-order chi connectivity index (χ1) is 17.1. The van der Waals surface area contributed by atoms with Gasteiger partial charge < -0.3 is 19.9 Å². The Morgan fingerprint density at radius 1 is 1.19 bits per heavy atom. The van der Waals surface area contributed by atoms with Crippen LogP contribution in [0.15, 0.2) is 57.1 Å². The topological polar surface area (TPSA) is 97.2 Å². The molecule has 1 amide bonds. The van der Waals surface area contributed by atoms with E-state index in [1.165, 1.54) is 0 Å². The number of anilines is 1. The molecule has 1 saturated carbocycles. The minimum absolute atomic E-state index is 0.0258. The zero-order valence-electron chi connectivity index (χ0n) is 21.1. The quantitative estimate of drug-likeness (QED) is 0.455. The number of phenols is 1. The van der Waals surface area contributed by atoms with Gasteiger partial charge in [-0.3, -0.25) is 14.6 Å². The molecule has 7 nitrogen and oxygen atoms in total. The lowest BCUT2D eigenvalue weighted by atomic mass is 9.63. The summed E-state index contributed by atoms with van der Waals surface area (Å²) < 4.78 is 11.5. The van der Waals surface area contributed by atoms with Gasteiger partial charge in [0.25, 0.3) is 5.91 Å². The first-order valence-corrected chi connectivity index (χ1v) is 12.8. The van der Waals surface area contributed by atoms with Gasteiger partial charge in [0.15, 0.2) is 11.5 Å². The number of aliphatic imine (C=N–C) groups is 1. The molecule has 2 atom stereocenters. The van der Waals surface area contributed by atoms with Gasteiger partial charge in [-0.25, -0.2) is 0 Å². The number of Topliss-reactive ketones (excluding diaryl/α,β-unsaturated/α-hetero) is 1. The Hall–Kier alpha value is -3.13. The SMILES string of the molecule is CCOc1cc([C@H]2C(C(=O)Nc3ccccc3OC)=C(C)N=C3CC(C)(C)CC(=O)C32)cc(Br)c1O. The number of hydrogen-bond donors (Lipinski definition) is 2. The van der Waals surface area contributed by atoms with Gasteiger partial charge in [0, 0.05) is 29.3 Å². The number of carbonyl (C=O) groups excluding carboxylic acids is 2. The van der Waals surface area contributed by atoms with Crippen molar-refractivity contribution in [2.45, 2.75) is 46.5 Å². The zero-order chi connectivity index (χ0) is 26.2. The van der Waals surface area contributed by atoms with Crippen LogP contribution < -0.4 is 14.8 Å². The molecule has 0 bridgehead atoms. The first kappa shape index (κ1) is 25.9. The summed E-state index contributed by atoms with van der Waals surface area (Å²) in [6.45, 7) is 8.11. The predicted octanol–water partition coefficient (Wildman–Crippen LogP) is 6.02. The number of nitrogens with zero attached hydrogens (tertiary/aromatic N) is 1. The maximum absolute atomic E-state index is 13.8. The Morgan fingerprint density at radius 2 is 1.92 bits per heavy atom. The number of ether oxygens (including phenoxy) is 2. The number of nitrogens with one attached hydrogen (secondary N) is 1. The molecule has 0 aromatic heterocycles. The second-order valence-corrected chi connectivity index (χ2v) is 10.8. The van der Waals surface area contributed by atoms with E-state index in [-0.39, 0.29) is 28.6 Å². The highest BCUT2D eigenvalue weighted by Crippen LogP contribution is 2.49. The van der Waals surface area contributed by atoms with Crippen LogP contribution in [-0.4, -0.2) is 36.2 Å². The molecule has 1 aliphatic carbocycles. The molecule has 2 N–H and O–H groups in total. The molecule has 1 aliphatic heterocycles. The second-order valence-electron chi connectivity index (χ2n) is 9.98. The minimum Gasteiger partial charge on any atom is -0.503 e. The normalized spacial score (nSPS) is 20.9. The number of methoxy groups -OCH3 is 1. The average Bonchev–Trinajstić information content (AvgIpc) is 2.80. The Kier molecular flexibility index (Phi) is 7.27. The molecule has 0 spiro atoms. The van der Waals surface area contributed by atoms with E-state index < -0.39 is 11.8 Å². The maximum atomic E-state index is 13.8. The first-order valence-electron chi connectivity index (χ1n) is 12.0. The van der Waals surface area contributed by atoms with E-state index in [1.807, 2.05) is 19.1 Å². The maximum Gasteiger partial charge on any atom is 0.254 e. The highest BCUT2D eigenvalue weighted by Gasteiger charge is 2.47. The summed E-state index contributed by atoms with van der Waals surface area (Å²) in [4.78, 5) is 32.2. The van der Waals surface area contributed by atoms with E-state index in [0.29, 0.717) is 52.2 Å². The summed E-state index contributed by atoms with van der Waals surface area (Å²) in [6, 6.07) is 10.6. The molecule has 2 aromatic rings. The van der Waals surface area contributed by atoms with Crippen LogP contribution in [0, 0.1) is 11.3 Å². The number of rotatable bonds is 6. The van der Waals surface area contributed by atoms with E-state index >= 15 is 0 Å². The third-order valence-corrected chi connectivity index (χ3v) is 7.28. The molecule has 1 unspecified atom stereocenters. The van der Waals surface area contributed by atoms with Gasteiger partial charge in [-0.15, -0.1) is 0 Å². The highest BCUT2D eigenvalue weighted by molar-refractivity contribution is 9.10. The van der Waals surface area contributed by atoms with E-state index in [0.717, 1.165) is 5.71 Å². The van der Waals surface area contributed by atoms with Crippen molar-refractivity contribution < 1.29 is 24.2 Å². The van der Waals surface area contributed by atoms with Crippen molar-refractivity contribution in [1.82, 2.24) is 0 Å². The van der Waals surface area contributed by atoms with Crippen LogP contribution in [0.3, 0.4) is 0 Å². The molecule has 36 heavy (non-hydrogen) atoms. The van der Waals surface area contributed by atoms with Crippen LogP contribution in [0.2, 0.25) is 0 Å². The van der Waals surface area contributed by atoms with Crippen molar-refractivity contribution in [3.05, 3.63) is 57.7 Å². The summed E-state index contributed by atoms with van der Waals surface area (Å²) in [5.41, 5.74) is 2.76. The number of ketones is 1. The lowest BCUT2D eigenvalue weighted by Gasteiger charge is -2.41. The molecule has 190 valence electrons. The van der Waals surface area contributed by atoms with E-state index in [4.69, 9.17) is 14.5 Å². The summed E-state index contributed by atoms with van der Waals surface area (Å²) in [7, 11) is 1.54. The van der Waals surface area contributed by atoms with Crippen molar-refractivity contribution in [2.24, 2.45) is 16.3 Å². The van der Waals surface area contributed by atoms with Crippen molar-refractivity contribution in [3.8, 4) is 17.2 Å². The molecule has 4 rings (SSSR count). The number of phenolic OH excluding ortho intramolecular Hbond substituents is 1. The molecule has 0 radical (unpaired) electrons. The number of allylic oxidation sites excluding steroid dienone is 1. The van der Waals surface area contributed by atoms with Gasteiger partial charge >= 0.3 is 0 Å². The van der Waals surface area contributed by atoms with Gasteiger partial charge in [-0.2, -0.15) is 0 Å². The summed E-state index contributed by atoms with van der Waals surface area (Å²) in [5, 5.41) is 13.5. The van der Waals surface area contributed by atoms with E-state index in [9.17, 15) is 14.7 Å². The molecule has 2 aromatic carbocycles. The minimum atomic E-state index is -0.591. The molecule has 1 heterocycles. The summed E-state index contributed by atoms with van der Waals surface area (Å²) in [6.07, 6.45) is 1.06. The van der Waals surface area contributed by atoms with Crippen LogP contribution in [0.1, 0.15) is 52.0 Å². The average molecular weight is 555 g/mol. The van der Waals surface area contributed by atoms with Gasteiger partial charge in [0.1, 0.15) is 11.5 Å². The number of amides is 1. The third-order valence-electron chi connectivity index (χ3n) is 6.67. The standard InChI is InChI=1S/C28H31BrN2O5/c1-6-36-22-12-16(11-17(29)26(22)33)24-23(27(34)31-18-9-7-8-10-21(18)35-5)15(2)30-19-13-28(3,4)14-20(32)25(19)24/h7-12,24-25,33H,6,13-14H2,1-5H3,(H,31,34)/t24-,25?/m0/s1. The largest absolute Gasteiger partial charge is 0.503 e. The molecular weight excluding hydrogens is 524 g/mol. The van der Waals surface area contributed by atoms with Crippen molar-refractivity contribution in [1.29, 1.82) is 0 Å². The fourth-order valence-corrected chi connectivity index (χ4v) is 5.69. The number of halogens is 1. The Bertz CT molecular complexity index is 1280. The van der Waals surface area contributed by atoms with Gasteiger partial charge in [0.2, 0.25) is 0 Å². The Labute approximate surface area is 219 Å². The van der Waals surface area contributed by atoms with E-state index in [1.54, 1.807) is 38.3 Å². The summed E-state index contributed by atoms with van der Waals surface area (Å²) >= 11 is 3.42. The molecule has 1 fully saturated rings. The van der Waals surface area contributed by atoms with Crippen molar-refractivity contribution in [2.75, 3.05) is 19.0 Å². The predicted molar refractivity (Wildman–Crippen MR) is 143 cm³/mol. The van der Waals surface area contributed by atoms with Crippen LogP contribution in [0.25, 0.3) is 0 Å². The number of aromatic hydroxyl groups is 1. The van der Waals surface area contributed by atoms with Crippen LogP contribution in [0.5, 0.6) is 17.2 Å². The van der Waals surface area contributed by atoms with Crippen LogP contribution in [0.4, 0.5) is 5.69 Å². The van der Waals surface area contributed by atoms with Crippen molar-refractivity contribution in [3.63, 3.8) is 0 Å². The van der Waals surface area contributed by atoms with Crippen LogP contribution >= 0.6 is 15.9 Å². The Morgan fingerprint density at radius 3 is 2.61 bits per heavy atom. The molecular formula is C28H31BrN2O5. The fourth-order valence-electron chi connectivity index (χ4n) is 5.23. The van der Waals surface area contributed by atoms with E-state index in [2.05, 4.69) is 35.1 Å². The third kappa shape index (κ3) is 4.91. The smallest absolute Gasteiger partial charge is 0.254 e. The Balaban J connectivity index is 1.87. The van der Waals surface area contributed by atoms with Gasteiger partial charge in [-0.05, 0) is 71.4 Å². The highest BCUT2D eigenvalue weighted by atomic mass is 79.9. The lowest BCUT2D eigenvalue weighted by molar-refractivity contribution is -0.124. The monoisotopic (exact) mass is 554 g/mol. The second kappa shape index (κ2) is 10.1. The number of fused-ring (bicyclic) bond motifs is 1. The van der Waals surface area contributed by atoms with Gasteiger partial charge in [0.05, 0.1) is 29.8 Å². The van der Waals surface area contributed by atoms with Gasteiger partial charge in [-0.1, -0.05) is 26.0 Å². The zero-order valence-corrected chi connectivity index (χ0v) is 22.7. The number of hydrogen-bond acceptors (Lipinski definition) is 6. The lowest BCUT2D eigenvalue weighted by Crippen LogP contribution is -2.44. The number of carbonyl (C=O) groups is 2.